The first-order chi connectivity index (χ1) is 20.3. The molecule has 224 valence electrons. The van der Waals surface area contributed by atoms with Gasteiger partial charge in [-0.05, 0) is 67.5 Å². The minimum absolute atomic E-state index is 0.0820. The average molecular weight is 592 g/mol. The summed E-state index contributed by atoms with van der Waals surface area (Å²) in [4.78, 5) is 26.7. The van der Waals surface area contributed by atoms with Crippen molar-refractivity contribution in [2.24, 2.45) is 5.92 Å². The first-order valence-corrected chi connectivity index (χ1v) is 15.2. The first kappa shape index (κ1) is 31.5. The van der Waals surface area contributed by atoms with Gasteiger partial charge in [-0.3, -0.25) is 4.79 Å². The number of nitrogens with one attached hydrogen (secondary N) is 2. The number of rotatable bonds is 13. The van der Waals surface area contributed by atoms with Crippen molar-refractivity contribution in [1.82, 2.24) is 15.5 Å². The second kappa shape index (κ2) is 14.7. The molecule has 3 aromatic carbocycles. The van der Waals surface area contributed by atoms with Gasteiger partial charge in [0, 0.05) is 36.6 Å². The lowest BCUT2D eigenvalue weighted by Gasteiger charge is -2.40. The number of urea groups is 1. The molecular weight excluding hydrogens is 550 g/mol. The minimum atomic E-state index is -0.912. The van der Waals surface area contributed by atoms with Gasteiger partial charge in [-0.15, -0.1) is 0 Å². The van der Waals surface area contributed by atoms with Crippen molar-refractivity contribution >= 4 is 23.6 Å². The maximum atomic E-state index is 12.9. The van der Waals surface area contributed by atoms with Crippen LogP contribution in [0.2, 0.25) is 5.02 Å². The van der Waals surface area contributed by atoms with Crippen molar-refractivity contribution in [2.75, 3.05) is 32.7 Å². The largest absolute Gasteiger partial charge is 0.481 e. The summed E-state index contributed by atoms with van der Waals surface area (Å²) in [6, 6.07) is 27.6. The lowest BCUT2D eigenvalue weighted by Crippen LogP contribution is -2.47. The molecule has 0 aliphatic carbocycles. The van der Waals surface area contributed by atoms with Crippen molar-refractivity contribution < 1.29 is 19.8 Å². The average Bonchev–Trinajstić information content (AvgIpc) is 3.01. The van der Waals surface area contributed by atoms with E-state index in [0.717, 1.165) is 49.2 Å². The fraction of sp³-hybridized carbons (Fsp3) is 0.412. The second-order valence-electron chi connectivity index (χ2n) is 11.3. The van der Waals surface area contributed by atoms with Crippen molar-refractivity contribution in [3.8, 4) is 0 Å². The van der Waals surface area contributed by atoms with Crippen molar-refractivity contribution in [1.29, 1.82) is 0 Å². The summed E-state index contributed by atoms with van der Waals surface area (Å²) in [6.07, 6.45) is 3.46. The number of hydrogen-bond acceptors (Lipinski definition) is 4. The van der Waals surface area contributed by atoms with Gasteiger partial charge in [0.15, 0.2) is 0 Å². The number of carbonyl (C=O) groups is 2. The van der Waals surface area contributed by atoms with E-state index >= 15 is 0 Å². The maximum absolute atomic E-state index is 12.9. The minimum Gasteiger partial charge on any atom is -0.481 e. The SMILES string of the molecule is CCC(CNC(=O)NCC(CCCN1CCC(O)(c2ccc(Cl)cc2)CC1)(c1ccccc1)c1ccccc1)C(=O)O. The van der Waals surface area contributed by atoms with Crippen LogP contribution >= 0.6 is 11.6 Å². The maximum Gasteiger partial charge on any atom is 0.314 e. The lowest BCUT2D eigenvalue weighted by molar-refractivity contribution is -0.141. The summed E-state index contributed by atoms with van der Waals surface area (Å²) >= 11 is 6.05. The van der Waals surface area contributed by atoms with E-state index in [1.165, 1.54) is 0 Å². The molecule has 1 aliphatic rings. The van der Waals surface area contributed by atoms with Gasteiger partial charge in [-0.25, -0.2) is 4.79 Å². The van der Waals surface area contributed by atoms with Gasteiger partial charge < -0.3 is 25.7 Å². The molecule has 1 aliphatic heterocycles. The number of carboxylic acid groups (broad SMARTS) is 1. The highest BCUT2D eigenvalue weighted by Crippen LogP contribution is 2.38. The molecule has 8 heteroatoms. The number of carboxylic acids is 1. The quantitative estimate of drug-likeness (QED) is 0.201. The Labute approximate surface area is 253 Å². The van der Waals surface area contributed by atoms with Gasteiger partial charge in [-0.1, -0.05) is 91.3 Å². The Morgan fingerprint density at radius 1 is 0.929 bits per heavy atom. The van der Waals surface area contributed by atoms with E-state index < -0.39 is 22.9 Å². The number of aliphatic hydroxyl groups is 1. The van der Waals surface area contributed by atoms with Crippen LogP contribution in [-0.4, -0.2) is 59.8 Å². The van der Waals surface area contributed by atoms with Crippen LogP contribution in [0.4, 0.5) is 4.79 Å². The summed E-state index contributed by atoms with van der Waals surface area (Å²) in [5, 5.41) is 27.1. The Balaban J connectivity index is 1.45. The second-order valence-corrected chi connectivity index (χ2v) is 11.7. The van der Waals surface area contributed by atoms with Gasteiger partial charge >= 0.3 is 12.0 Å². The molecule has 0 bridgehead atoms. The molecular formula is C34H42ClN3O4. The molecule has 4 N–H and O–H groups in total. The molecule has 1 saturated heterocycles. The summed E-state index contributed by atoms with van der Waals surface area (Å²) in [5.41, 5.74) is 1.83. The van der Waals surface area contributed by atoms with E-state index in [1.54, 1.807) is 6.92 Å². The molecule has 1 atom stereocenters. The van der Waals surface area contributed by atoms with Crippen LogP contribution in [0.25, 0.3) is 0 Å². The molecule has 1 fully saturated rings. The number of hydrogen-bond donors (Lipinski definition) is 4. The molecule has 42 heavy (non-hydrogen) atoms. The van der Waals surface area contributed by atoms with Gasteiger partial charge in [0.1, 0.15) is 0 Å². The number of likely N-dealkylation sites (tertiary alicyclic amines) is 1. The fourth-order valence-corrected chi connectivity index (χ4v) is 6.10. The topological polar surface area (TPSA) is 102 Å². The molecule has 3 aromatic rings. The Morgan fingerprint density at radius 3 is 2.02 bits per heavy atom. The monoisotopic (exact) mass is 591 g/mol. The number of carbonyl (C=O) groups excluding carboxylic acids is 1. The van der Waals surface area contributed by atoms with Crippen LogP contribution in [-0.2, 0) is 15.8 Å². The zero-order valence-electron chi connectivity index (χ0n) is 24.3. The third-order valence-corrected chi connectivity index (χ3v) is 8.95. The van der Waals surface area contributed by atoms with Gasteiger partial charge in [0.05, 0.1) is 11.5 Å². The predicted octanol–water partition coefficient (Wildman–Crippen LogP) is 5.80. The molecule has 1 heterocycles. The number of halogens is 1. The molecule has 0 radical (unpaired) electrons. The lowest BCUT2D eigenvalue weighted by atomic mass is 9.71. The van der Waals surface area contributed by atoms with Crippen molar-refractivity contribution in [2.45, 2.75) is 50.0 Å². The molecule has 7 nitrogen and oxygen atoms in total. The zero-order chi connectivity index (χ0) is 30.0. The fourth-order valence-electron chi connectivity index (χ4n) is 5.98. The number of aliphatic carboxylic acids is 1. The third kappa shape index (κ3) is 7.91. The van der Waals surface area contributed by atoms with Crippen LogP contribution in [0, 0.1) is 5.92 Å². The highest BCUT2D eigenvalue weighted by Gasteiger charge is 2.36. The molecule has 0 aromatic heterocycles. The number of piperidine rings is 1. The molecule has 1 unspecified atom stereocenters. The highest BCUT2D eigenvalue weighted by atomic mass is 35.5. The van der Waals surface area contributed by atoms with Gasteiger partial charge in [-0.2, -0.15) is 0 Å². The van der Waals surface area contributed by atoms with E-state index in [4.69, 9.17) is 11.6 Å². The Morgan fingerprint density at radius 2 is 1.50 bits per heavy atom. The number of benzene rings is 3. The Bertz CT molecular complexity index is 1240. The van der Waals surface area contributed by atoms with Crippen LogP contribution in [0.3, 0.4) is 0 Å². The highest BCUT2D eigenvalue weighted by molar-refractivity contribution is 6.30. The number of amides is 2. The van der Waals surface area contributed by atoms with Crippen molar-refractivity contribution in [3.05, 3.63) is 107 Å². The Kier molecular flexibility index (Phi) is 11.0. The van der Waals surface area contributed by atoms with Crippen LogP contribution < -0.4 is 10.6 Å². The van der Waals surface area contributed by atoms with Crippen LogP contribution in [0.1, 0.15) is 55.7 Å². The standard InChI is InChI=1S/C34H42ClN3O4/c1-2-26(31(39)40)24-36-32(41)37-25-33(27-10-5-3-6-11-27,28-12-7-4-8-13-28)18-9-21-38-22-19-34(42,20-23-38)29-14-16-30(35)17-15-29/h3-8,10-17,26,42H,2,9,18-25H2,1H3,(H,39,40)(H2,36,37,41). The summed E-state index contributed by atoms with van der Waals surface area (Å²) < 4.78 is 0. The molecule has 0 saturated carbocycles. The van der Waals surface area contributed by atoms with Crippen molar-refractivity contribution in [3.63, 3.8) is 0 Å². The molecule has 2 amide bonds. The summed E-state index contributed by atoms with van der Waals surface area (Å²) in [6.45, 7) is 4.72. The first-order valence-electron chi connectivity index (χ1n) is 14.8. The van der Waals surface area contributed by atoms with Gasteiger partial charge in [0.25, 0.3) is 0 Å². The zero-order valence-corrected chi connectivity index (χ0v) is 25.0. The number of nitrogens with zero attached hydrogens (tertiary/aromatic N) is 1. The third-order valence-electron chi connectivity index (χ3n) is 8.70. The molecule has 0 spiro atoms. The van der Waals surface area contributed by atoms with Crippen LogP contribution in [0.15, 0.2) is 84.9 Å². The summed E-state index contributed by atoms with van der Waals surface area (Å²) in [7, 11) is 0. The van der Waals surface area contributed by atoms with E-state index in [-0.39, 0.29) is 12.6 Å². The molecule has 4 rings (SSSR count). The van der Waals surface area contributed by atoms with E-state index in [0.29, 0.717) is 30.8 Å². The van der Waals surface area contributed by atoms with E-state index in [9.17, 15) is 19.8 Å². The van der Waals surface area contributed by atoms with E-state index in [2.05, 4.69) is 39.8 Å². The Hall–Kier alpha value is -3.39. The predicted molar refractivity (Wildman–Crippen MR) is 167 cm³/mol. The normalized spacial score (nSPS) is 16.0. The van der Waals surface area contributed by atoms with Crippen LogP contribution in [0.5, 0.6) is 0 Å². The summed E-state index contributed by atoms with van der Waals surface area (Å²) in [5.74, 6) is -1.53. The van der Waals surface area contributed by atoms with Gasteiger partial charge in [0.2, 0.25) is 0 Å². The smallest absolute Gasteiger partial charge is 0.314 e. The van der Waals surface area contributed by atoms with E-state index in [1.807, 2.05) is 60.7 Å².